The summed E-state index contributed by atoms with van der Waals surface area (Å²) in [5.41, 5.74) is 1.75. The summed E-state index contributed by atoms with van der Waals surface area (Å²) in [7, 11) is 0. The minimum absolute atomic E-state index is 0.173. The number of hydrogen-bond acceptors (Lipinski definition) is 3. The van der Waals surface area contributed by atoms with Gasteiger partial charge in [0.25, 0.3) is 5.91 Å². The third-order valence-electron chi connectivity index (χ3n) is 2.91. The molecule has 0 saturated carbocycles. The van der Waals surface area contributed by atoms with Gasteiger partial charge in [-0.05, 0) is 30.3 Å². The lowest BCUT2D eigenvalue weighted by atomic mass is 10.2. The number of amides is 1. The highest BCUT2D eigenvalue weighted by Gasteiger charge is 2.13. The molecule has 104 valence electrons. The molecule has 1 aromatic carbocycles. The molecule has 3 aromatic rings. The predicted octanol–water partition coefficient (Wildman–Crippen LogP) is 3.17. The summed E-state index contributed by atoms with van der Waals surface area (Å²) in [5.74, 6) is -0.312. The van der Waals surface area contributed by atoms with E-state index in [9.17, 15) is 4.79 Å². The molecule has 0 aliphatic rings. The van der Waals surface area contributed by atoms with E-state index >= 15 is 0 Å². The quantitative estimate of drug-likeness (QED) is 0.756. The topological polar surface area (TPSA) is 59.8 Å². The Bertz CT molecular complexity index is 771. The second kappa shape index (κ2) is 5.76. The van der Waals surface area contributed by atoms with Crippen LogP contribution < -0.4 is 5.32 Å². The Morgan fingerprint density at radius 2 is 1.95 bits per heavy atom. The van der Waals surface area contributed by atoms with Crippen molar-refractivity contribution in [2.24, 2.45) is 0 Å². The number of anilines is 1. The second-order valence-electron chi connectivity index (χ2n) is 4.26. The normalized spacial score (nSPS) is 10.3. The average molecular weight is 299 g/mol. The highest BCUT2D eigenvalue weighted by Crippen LogP contribution is 2.21. The molecule has 0 unspecified atom stereocenters. The molecule has 0 saturated heterocycles. The fraction of sp³-hybridized carbons (Fsp3) is 0. The molecular formula is C15H11ClN4O. The van der Waals surface area contributed by atoms with Crippen molar-refractivity contribution in [3.63, 3.8) is 0 Å². The highest BCUT2D eigenvalue weighted by molar-refractivity contribution is 6.33. The second-order valence-corrected chi connectivity index (χ2v) is 4.62. The van der Waals surface area contributed by atoms with Crippen molar-refractivity contribution in [1.82, 2.24) is 14.8 Å². The smallest absolute Gasteiger partial charge is 0.258 e. The number of carbonyl (C=O) groups excluding carboxylic acids is 1. The number of pyridine rings is 1. The van der Waals surface area contributed by atoms with Gasteiger partial charge in [-0.15, -0.1) is 0 Å². The number of hydrogen-bond donors (Lipinski definition) is 1. The van der Waals surface area contributed by atoms with Gasteiger partial charge in [-0.1, -0.05) is 23.7 Å². The standard InChI is InChI=1S/C15H11ClN4O/c16-14-11(5-3-8-17-14)15(21)19-12-6-1-2-7-13(12)20-10-4-9-18-20/h1-10H,(H,19,21). The largest absolute Gasteiger partial charge is 0.320 e. The molecule has 2 heterocycles. The number of benzene rings is 1. The van der Waals surface area contributed by atoms with E-state index in [2.05, 4.69) is 15.4 Å². The first-order valence-electron chi connectivity index (χ1n) is 6.26. The average Bonchev–Trinajstić information content (AvgIpc) is 3.02. The molecule has 2 aromatic heterocycles. The molecule has 5 nitrogen and oxygen atoms in total. The van der Waals surface area contributed by atoms with Crippen LogP contribution in [0.2, 0.25) is 5.15 Å². The van der Waals surface area contributed by atoms with Gasteiger partial charge in [0.2, 0.25) is 0 Å². The molecule has 0 atom stereocenters. The van der Waals surface area contributed by atoms with Crippen LogP contribution >= 0.6 is 11.6 Å². The zero-order valence-electron chi connectivity index (χ0n) is 10.9. The Hall–Kier alpha value is -2.66. The number of aromatic nitrogens is 3. The van der Waals surface area contributed by atoms with Crippen molar-refractivity contribution in [3.8, 4) is 5.69 Å². The van der Waals surface area contributed by atoms with Crippen LogP contribution in [-0.4, -0.2) is 20.7 Å². The van der Waals surface area contributed by atoms with E-state index in [1.807, 2.05) is 30.5 Å². The third-order valence-corrected chi connectivity index (χ3v) is 3.21. The van der Waals surface area contributed by atoms with Crippen LogP contribution in [0.3, 0.4) is 0 Å². The first-order valence-corrected chi connectivity index (χ1v) is 6.64. The van der Waals surface area contributed by atoms with E-state index < -0.39 is 0 Å². The predicted molar refractivity (Wildman–Crippen MR) is 80.8 cm³/mol. The Morgan fingerprint density at radius 1 is 1.10 bits per heavy atom. The van der Waals surface area contributed by atoms with E-state index in [1.165, 1.54) is 6.20 Å². The number of nitrogens with zero attached hydrogens (tertiary/aromatic N) is 3. The summed E-state index contributed by atoms with van der Waals surface area (Å²) in [4.78, 5) is 16.2. The molecule has 1 amide bonds. The molecule has 0 radical (unpaired) electrons. The lowest BCUT2D eigenvalue weighted by Crippen LogP contribution is -2.14. The van der Waals surface area contributed by atoms with Crippen LogP contribution in [-0.2, 0) is 0 Å². The van der Waals surface area contributed by atoms with Crippen molar-refractivity contribution < 1.29 is 4.79 Å². The third kappa shape index (κ3) is 2.78. The molecule has 3 rings (SSSR count). The summed E-state index contributed by atoms with van der Waals surface area (Å²) < 4.78 is 1.68. The molecule has 0 aliphatic heterocycles. The molecule has 21 heavy (non-hydrogen) atoms. The zero-order chi connectivity index (χ0) is 14.7. The van der Waals surface area contributed by atoms with Gasteiger partial charge in [-0.25, -0.2) is 9.67 Å². The van der Waals surface area contributed by atoms with Crippen molar-refractivity contribution in [3.05, 3.63) is 71.8 Å². The SMILES string of the molecule is O=C(Nc1ccccc1-n1cccn1)c1cccnc1Cl. The van der Waals surface area contributed by atoms with E-state index in [0.29, 0.717) is 11.3 Å². The maximum Gasteiger partial charge on any atom is 0.258 e. The van der Waals surface area contributed by atoms with Gasteiger partial charge in [0.1, 0.15) is 5.15 Å². The van der Waals surface area contributed by atoms with Crippen molar-refractivity contribution in [1.29, 1.82) is 0 Å². The van der Waals surface area contributed by atoms with Crippen molar-refractivity contribution in [2.45, 2.75) is 0 Å². The summed E-state index contributed by atoms with van der Waals surface area (Å²) in [6.45, 7) is 0. The summed E-state index contributed by atoms with van der Waals surface area (Å²) >= 11 is 5.94. The van der Waals surface area contributed by atoms with Gasteiger partial charge in [0.05, 0.1) is 16.9 Å². The van der Waals surface area contributed by atoms with Crippen LogP contribution in [0.4, 0.5) is 5.69 Å². The maximum atomic E-state index is 12.3. The highest BCUT2D eigenvalue weighted by atomic mass is 35.5. The van der Waals surface area contributed by atoms with Crippen LogP contribution in [0.1, 0.15) is 10.4 Å². The fourth-order valence-corrected chi connectivity index (χ4v) is 2.14. The van der Waals surface area contributed by atoms with Gasteiger partial charge in [-0.2, -0.15) is 5.10 Å². The minimum Gasteiger partial charge on any atom is -0.320 e. The Morgan fingerprint density at radius 3 is 2.71 bits per heavy atom. The summed E-state index contributed by atoms with van der Waals surface area (Å²) in [6.07, 6.45) is 5.02. The molecule has 0 bridgehead atoms. The summed E-state index contributed by atoms with van der Waals surface area (Å²) in [5, 5.41) is 7.18. The van der Waals surface area contributed by atoms with Crippen LogP contribution in [0, 0.1) is 0 Å². The van der Waals surface area contributed by atoms with Gasteiger partial charge >= 0.3 is 0 Å². The van der Waals surface area contributed by atoms with Gasteiger partial charge in [-0.3, -0.25) is 4.79 Å². The zero-order valence-corrected chi connectivity index (χ0v) is 11.7. The number of nitrogens with one attached hydrogen (secondary N) is 1. The lowest BCUT2D eigenvalue weighted by molar-refractivity contribution is 0.102. The van der Waals surface area contributed by atoms with Crippen molar-refractivity contribution >= 4 is 23.2 Å². The van der Waals surface area contributed by atoms with E-state index in [0.717, 1.165) is 5.69 Å². The number of halogens is 1. The van der Waals surface area contributed by atoms with Crippen LogP contribution in [0.5, 0.6) is 0 Å². The van der Waals surface area contributed by atoms with Crippen molar-refractivity contribution in [2.75, 3.05) is 5.32 Å². The number of para-hydroxylation sites is 2. The van der Waals surface area contributed by atoms with Crippen LogP contribution in [0.25, 0.3) is 5.69 Å². The van der Waals surface area contributed by atoms with E-state index in [1.54, 1.807) is 29.1 Å². The maximum absolute atomic E-state index is 12.3. The Labute approximate surface area is 126 Å². The molecule has 0 fully saturated rings. The molecule has 0 spiro atoms. The van der Waals surface area contributed by atoms with Gasteiger partial charge in [0, 0.05) is 18.6 Å². The molecular weight excluding hydrogens is 288 g/mol. The molecule has 6 heteroatoms. The van der Waals surface area contributed by atoms with Crippen LogP contribution in [0.15, 0.2) is 61.1 Å². The Kier molecular flexibility index (Phi) is 3.66. The fourth-order valence-electron chi connectivity index (χ4n) is 1.94. The van der Waals surface area contributed by atoms with Gasteiger partial charge in [0.15, 0.2) is 0 Å². The van der Waals surface area contributed by atoms with Gasteiger partial charge < -0.3 is 5.32 Å². The molecule has 0 aliphatic carbocycles. The first kappa shape index (κ1) is 13.3. The lowest BCUT2D eigenvalue weighted by Gasteiger charge is -2.11. The number of rotatable bonds is 3. The van der Waals surface area contributed by atoms with E-state index in [4.69, 9.17) is 11.6 Å². The monoisotopic (exact) mass is 298 g/mol. The minimum atomic E-state index is -0.312. The molecule has 1 N–H and O–H groups in total. The summed E-state index contributed by atoms with van der Waals surface area (Å²) in [6, 6.07) is 12.5. The Balaban J connectivity index is 1.93. The number of carbonyl (C=O) groups is 1. The van der Waals surface area contributed by atoms with E-state index in [-0.39, 0.29) is 11.1 Å². The first-order chi connectivity index (χ1) is 10.3.